The summed E-state index contributed by atoms with van der Waals surface area (Å²) in [4.78, 5) is 19.3. The largest absolute Gasteiger partial charge is 0.367 e. The van der Waals surface area contributed by atoms with Crippen LogP contribution in [-0.4, -0.2) is 51.1 Å². The second kappa shape index (κ2) is 7.18. The van der Waals surface area contributed by atoms with Crippen LogP contribution in [-0.2, 0) is 0 Å². The number of alkyl halides is 2. The number of amides is 1. The molecule has 6 nitrogen and oxygen atoms in total. The number of likely N-dealkylation sites (tertiary alicyclic amines) is 1. The maximum atomic E-state index is 13.6. The number of piperidine rings is 1. The predicted molar refractivity (Wildman–Crippen MR) is 99.5 cm³/mol. The number of aromatic nitrogens is 3. The molecule has 0 saturated carbocycles. The Labute approximate surface area is 160 Å². The average Bonchev–Trinajstić information content (AvgIpc) is 3.24. The van der Waals surface area contributed by atoms with Gasteiger partial charge in [0.1, 0.15) is 16.7 Å². The van der Waals surface area contributed by atoms with Crippen molar-refractivity contribution in [2.24, 2.45) is 5.92 Å². The highest BCUT2D eigenvalue weighted by Gasteiger charge is 2.38. The number of hydrogen-bond acceptors (Lipinski definition) is 5. The number of rotatable bonds is 3. The number of thiazole rings is 1. The fourth-order valence-corrected chi connectivity index (χ4v) is 4.93. The van der Waals surface area contributed by atoms with Crippen molar-refractivity contribution < 1.29 is 13.6 Å². The molecule has 1 N–H and O–H groups in total. The fraction of sp³-hybridized carbons (Fsp3) is 0.611. The summed E-state index contributed by atoms with van der Waals surface area (Å²) in [5, 5.41) is 7.63. The molecule has 0 spiro atoms. The summed E-state index contributed by atoms with van der Waals surface area (Å²) >= 11 is 1.37. The molecule has 2 aromatic heterocycles. The Morgan fingerprint density at radius 2 is 2.07 bits per heavy atom. The highest BCUT2D eigenvalue weighted by molar-refractivity contribution is 7.11. The first-order chi connectivity index (χ1) is 12.9. The van der Waals surface area contributed by atoms with Crippen LogP contribution >= 0.6 is 11.3 Å². The molecule has 1 saturated heterocycles. The highest BCUT2D eigenvalue weighted by Crippen LogP contribution is 2.37. The van der Waals surface area contributed by atoms with Gasteiger partial charge in [-0.25, -0.2) is 18.4 Å². The van der Waals surface area contributed by atoms with Gasteiger partial charge in [0.05, 0.1) is 16.9 Å². The molecular formula is C18H23F2N5OS. The molecule has 2 atom stereocenters. The van der Waals surface area contributed by atoms with E-state index in [1.165, 1.54) is 16.0 Å². The molecule has 9 heteroatoms. The van der Waals surface area contributed by atoms with Gasteiger partial charge < -0.3 is 10.2 Å². The maximum Gasteiger partial charge on any atom is 0.265 e. The van der Waals surface area contributed by atoms with E-state index < -0.39 is 12.5 Å². The number of carbonyl (C=O) groups is 1. The lowest BCUT2D eigenvalue weighted by atomic mass is 9.85. The van der Waals surface area contributed by atoms with Crippen molar-refractivity contribution >= 4 is 23.1 Å². The van der Waals surface area contributed by atoms with Gasteiger partial charge in [-0.2, -0.15) is 5.10 Å². The Hall–Kier alpha value is -2.03. The zero-order chi connectivity index (χ0) is 19.1. The van der Waals surface area contributed by atoms with Crippen LogP contribution in [0.3, 0.4) is 0 Å². The Morgan fingerprint density at radius 1 is 1.33 bits per heavy atom. The summed E-state index contributed by atoms with van der Waals surface area (Å²) in [5.41, 5.74) is 3.20. The van der Waals surface area contributed by atoms with E-state index in [0.717, 1.165) is 24.2 Å². The third-order valence-electron chi connectivity index (χ3n) is 5.63. The van der Waals surface area contributed by atoms with Crippen molar-refractivity contribution in [2.45, 2.75) is 51.6 Å². The van der Waals surface area contributed by atoms with E-state index in [9.17, 15) is 13.6 Å². The van der Waals surface area contributed by atoms with Gasteiger partial charge in [0.15, 0.2) is 0 Å². The third kappa shape index (κ3) is 3.44. The number of aryl methyl sites for hydroxylation is 2. The first kappa shape index (κ1) is 18.3. The van der Waals surface area contributed by atoms with E-state index in [0.29, 0.717) is 30.2 Å². The molecule has 0 aromatic carbocycles. The standard InChI is InChI=1S/C18H23F2N5OS/c1-10-7-15-22-13(8-14(17(19)20)25(15)23-10)12-3-5-24(6-4-12)18(26)16-11(2)21-9-27-16/h7,9,12-14,17,22H,3-6,8H2,1-2H3/t13-,14+/m0/s1. The number of halogens is 2. The molecule has 4 rings (SSSR count). The van der Waals surface area contributed by atoms with Gasteiger partial charge in [0, 0.05) is 25.2 Å². The predicted octanol–water partition coefficient (Wildman–Crippen LogP) is 3.50. The fourth-order valence-electron chi connectivity index (χ4n) is 4.16. The number of anilines is 1. The van der Waals surface area contributed by atoms with Crippen molar-refractivity contribution in [2.75, 3.05) is 18.4 Å². The summed E-state index contributed by atoms with van der Waals surface area (Å²) in [6, 6.07) is 0.918. The topological polar surface area (TPSA) is 63.1 Å². The zero-order valence-corrected chi connectivity index (χ0v) is 16.2. The molecule has 2 aliphatic rings. The third-order valence-corrected chi connectivity index (χ3v) is 6.54. The van der Waals surface area contributed by atoms with Crippen LogP contribution in [0.2, 0.25) is 0 Å². The molecule has 0 bridgehead atoms. The van der Waals surface area contributed by atoms with Crippen LogP contribution in [0.15, 0.2) is 11.6 Å². The minimum Gasteiger partial charge on any atom is -0.367 e. The summed E-state index contributed by atoms with van der Waals surface area (Å²) in [7, 11) is 0. The van der Waals surface area contributed by atoms with Crippen molar-refractivity contribution in [3.05, 3.63) is 27.8 Å². The molecular weight excluding hydrogens is 372 g/mol. The molecule has 2 aromatic rings. The number of fused-ring (bicyclic) bond motifs is 1. The summed E-state index contributed by atoms with van der Waals surface area (Å²) in [6.45, 7) is 4.96. The van der Waals surface area contributed by atoms with Crippen LogP contribution < -0.4 is 5.32 Å². The van der Waals surface area contributed by atoms with E-state index in [1.807, 2.05) is 24.8 Å². The Balaban J connectivity index is 1.43. The lowest BCUT2D eigenvalue weighted by Gasteiger charge is -2.40. The van der Waals surface area contributed by atoms with Gasteiger partial charge in [-0.15, -0.1) is 11.3 Å². The lowest BCUT2D eigenvalue weighted by molar-refractivity contribution is 0.0540. The van der Waals surface area contributed by atoms with Crippen LogP contribution in [0.25, 0.3) is 0 Å². The van der Waals surface area contributed by atoms with Gasteiger partial charge in [-0.3, -0.25) is 4.79 Å². The SMILES string of the molecule is Cc1cc2n(n1)[C@@H](C(F)F)C[C@@H](C1CCN(C(=O)c3scnc3C)CC1)N2. The molecule has 146 valence electrons. The number of carbonyl (C=O) groups excluding carboxylic acids is 1. The van der Waals surface area contributed by atoms with Gasteiger partial charge in [0.2, 0.25) is 0 Å². The van der Waals surface area contributed by atoms with E-state index in [1.54, 1.807) is 5.51 Å². The maximum absolute atomic E-state index is 13.6. The number of hydrogen-bond donors (Lipinski definition) is 1. The average molecular weight is 395 g/mol. The Kier molecular flexibility index (Phi) is 4.88. The summed E-state index contributed by atoms with van der Waals surface area (Å²) in [6.07, 6.45) is -0.462. The van der Waals surface area contributed by atoms with Crippen LogP contribution in [0.1, 0.15) is 46.4 Å². The molecule has 0 aliphatic carbocycles. The van der Waals surface area contributed by atoms with Crippen molar-refractivity contribution in [1.82, 2.24) is 19.7 Å². The van der Waals surface area contributed by atoms with Gasteiger partial charge in [0.25, 0.3) is 12.3 Å². The Bertz CT molecular complexity index is 828. The zero-order valence-electron chi connectivity index (χ0n) is 15.4. The Morgan fingerprint density at radius 3 is 2.70 bits per heavy atom. The quantitative estimate of drug-likeness (QED) is 0.864. The highest BCUT2D eigenvalue weighted by atomic mass is 32.1. The second-order valence-electron chi connectivity index (χ2n) is 7.40. The molecule has 27 heavy (non-hydrogen) atoms. The first-order valence-electron chi connectivity index (χ1n) is 9.24. The van der Waals surface area contributed by atoms with E-state index in [-0.39, 0.29) is 17.9 Å². The second-order valence-corrected chi connectivity index (χ2v) is 8.26. The molecule has 0 unspecified atom stereocenters. The molecule has 1 amide bonds. The van der Waals surface area contributed by atoms with Gasteiger partial charge >= 0.3 is 0 Å². The van der Waals surface area contributed by atoms with Crippen LogP contribution in [0.5, 0.6) is 0 Å². The minimum atomic E-state index is -2.44. The first-order valence-corrected chi connectivity index (χ1v) is 10.1. The summed E-state index contributed by atoms with van der Waals surface area (Å²) < 4.78 is 28.6. The number of nitrogens with one attached hydrogen (secondary N) is 1. The molecule has 0 radical (unpaired) electrons. The lowest BCUT2D eigenvalue weighted by Crippen LogP contribution is -2.46. The minimum absolute atomic E-state index is 0.0185. The monoisotopic (exact) mass is 395 g/mol. The van der Waals surface area contributed by atoms with Gasteiger partial charge in [-0.1, -0.05) is 0 Å². The van der Waals surface area contributed by atoms with Crippen molar-refractivity contribution in [3.8, 4) is 0 Å². The molecule has 4 heterocycles. The smallest absolute Gasteiger partial charge is 0.265 e. The molecule has 1 fully saturated rings. The van der Waals surface area contributed by atoms with E-state index in [2.05, 4.69) is 15.4 Å². The van der Waals surface area contributed by atoms with E-state index >= 15 is 0 Å². The van der Waals surface area contributed by atoms with Crippen molar-refractivity contribution in [1.29, 1.82) is 0 Å². The summed E-state index contributed by atoms with van der Waals surface area (Å²) in [5.74, 6) is 0.971. The normalized spacial score (nSPS) is 23.4. The van der Waals surface area contributed by atoms with Crippen LogP contribution in [0.4, 0.5) is 14.6 Å². The van der Waals surface area contributed by atoms with Crippen LogP contribution in [0, 0.1) is 19.8 Å². The molecule has 2 aliphatic heterocycles. The van der Waals surface area contributed by atoms with Crippen molar-refractivity contribution in [3.63, 3.8) is 0 Å². The van der Waals surface area contributed by atoms with Gasteiger partial charge in [-0.05, 0) is 39.0 Å². The number of nitrogens with zero attached hydrogens (tertiary/aromatic N) is 4. The van der Waals surface area contributed by atoms with E-state index in [4.69, 9.17) is 0 Å².